The SMILES string of the molecule is CCc1cc(C2CCN(C(=O)O)C2)ccc1N. The Labute approximate surface area is 101 Å². The third-order valence-corrected chi connectivity index (χ3v) is 3.48. The maximum Gasteiger partial charge on any atom is 0.407 e. The number of nitrogens with two attached hydrogens (primary N) is 1. The maximum atomic E-state index is 10.9. The van der Waals surface area contributed by atoms with Gasteiger partial charge in [-0.05, 0) is 30.0 Å². The molecule has 4 heteroatoms. The van der Waals surface area contributed by atoms with Gasteiger partial charge in [-0.15, -0.1) is 0 Å². The van der Waals surface area contributed by atoms with Crippen molar-refractivity contribution in [2.45, 2.75) is 25.7 Å². The third-order valence-electron chi connectivity index (χ3n) is 3.48. The maximum absolute atomic E-state index is 10.9. The zero-order chi connectivity index (χ0) is 12.4. The van der Waals surface area contributed by atoms with Crippen molar-refractivity contribution in [2.75, 3.05) is 18.8 Å². The zero-order valence-corrected chi connectivity index (χ0v) is 10.0. The quantitative estimate of drug-likeness (QED) is 0.771. The molecule has 1 aromatic carbocycles. The summed E-state index contributed by atoms with van der Waals surface area (Å²) in [5.41, 5.74) is 9.05. The molecule has 3 N–H and O–H groups in total. The number of aryl methyl sites for hydroxylation is 1. The molecule has 1 aromatic rings. The Hall–Kier alpha value is -1.71. The van der Waals surface area contributed by atoms with Crippen LogP contribution in [0.25, 0.3) is 0 Å². The summed E-state index contributed by atoms with van der Waals surface area (Å²) in [5.74, 6) is 0.317. The van der Waals surface area contributed by atoms with E-state index in [4.69, 9.17) is 10.8 Å². The lowest BCUT2D eigenvalue weighted by Crippen LogP contribution is -2.26. The standard InChI is InChI=1S/C13H18N2O2/c1-2-9-7-10(3-4-12(9)14)11-5-6-15(8-11)13(16)17/h3-4,7,11H,2,5-6,8,14H2,1H3,(H,16,17). The van der Waals surface area contributed by atoms with Crippen LogP contribution < -0.4 is 5.73 Å². The third kappa shape index (κ3) is 2.35. The predicted octanol–water partition coefficient (Wildman–Crippen LogP) is 2.30. The lowest BCUT2D eigenvalue weighted by molar-refractivity contribution is 0.155. The van der Waals surface area contributed by atoms with E-state index in [1.807, 2.05) is 12.1 Å². The predicted molar refractivity (Wildman–Crippen MR) is 67.2 cm³/mol. The fourth-order valence-corrected chi connectivity index (χ4v) is 2.39. The van der Waals surface area contributed by atoms with E-state index in [0.29, 0.717) is 19.0 Å². The van der Waals surface area contributed by atoms with Crippen molar-refractivity contribution in [3.63, 3.8) is 0 Å². The number of hydrogen-bond acceptors (Lipinski definition) is 2. The highest BCUT2D eigenvalue weighted by Crippen LogP contribution is 2.29. The van der Waals surface area contributed by atoms with E-state index in [9.17, 15) is 4.79 Å². The minimum atomic E-state index is -0.821. The lowest BCUT2D eigenvalue weighted by atomic mass is 9.95. The molecule has 17 heavy (non-hydrogen) atoms. The van der Waals surface area contributed by atoms with Crippen molar-refractivity contribution in [3.05, 3.63) is 29.3 Å². The van der Waals surface area contributed by atoms with Crippen LogP contribution in [-0.2, 0) is 6.42 Å². The summed E-state index contributed by atoms with van der Waals surface area (Å²) in [6.45, 7) is 3.31. The zero-order valence-electron chi connectivity index (χ0n) is 10.0. The van der Waals surface area contributed by atoms with Gasteiger partial charge in [0, 0.05) is 24.7 Å². The van der Waals surface area contributed by atoms with Crippen LogP contribution in [0.15, 0.2) is 18.2 Å². The first-order chi connectivity index (χ1) is 8.11. The Kier molecular flexibility index (Phi) is 3.22. The minimum Gasteiger partial charge on any atom is -0.465 e. The lowest BCUT2D eigenvalue weighted by Gasteiger charge is -2.14. The summed E-state index contributed by atoms with van der Waals surface area (Å²) < 4.78 is 0. The molecule has 4 nitrogen and oxygen atoms in total. The van der Waals surface area contributed by atoms with Gasteiger partial charge >= 0.3 is 6.09 Å². The number of likely N-dealkylation sites (tertiary alicyclic amines) is 1. The second kappa shape index (κ2) is 4.65. The fraction of sp³-hybridized carbons (Fsp3) is 0.462. The summed E-state index contributed by atoms with van der Waals surface area (Å²) in [4.78, 5) is 12.3. The molecule has 0 bridgehead atoms. The fourth-order valence-electron chi connectivity index (χ4n) is 2.39. The summed E-state index contributed by atoms with van der Waals surface area (Å²) in [6.07, 6.45) is 0.993. The molecule has 0 aromatic heterocycles. The molecule has 2 rings (SSSR count). The Balaban J connectivity index is 2.16. The average Bonchev–Trinajstić information content (AvgIpc) is 2.79. The van der Waals surface area contributed by atoms with Crippen molar-refractivity contribution in [2.24, 2.45) is 0 Å². The van der Waals surface area contributed by atoms with Gasteiger partial charge in [0.25, 0.3) is 0 Å². The van der Waals surface area contributed by atoms with Crippen molar-refractivity contribution in [1.29, 1.82) is 0 Å². The molecule has 0 spiro atoms. The number of rotatable bonds is 2. The summed E-state index contributed by atoms with van der Waals surface area (Å²) in [7, 11) is 0. The van der Waals surface area contributed by atoms with E-state index in [1.165, 1.54) is 10.5 Å². The molecule has 1 atom stereocenters. The van der Waals surface area contributed by atoms with Gasteiger partial charge in [0.2, 0.25) is 0 Å². The number of hydrogen-bond donors (Lipinski definition) is 2. The van der Waals surface area contributed by atoms with Crippen LogP contribution >= 0.6 is 0 Å². The van der Waals surface area contributed by atoms with Crippen LogP contribution in [0.4, 0.5) is 10.5 Å². The number of anilines is 1. The molecule has 1 heterocycles. The van der Waals surface area contributed by atoms with E-state index < -0.39 is 6.09 Å². The molecule has 0 saturated carbocycles. The van der Waals surface area contributed by atoms with Crippen LogP contribution in [0, 0.1) is 0 Å². The van der Waals surface area contributed by atoms with Crippen LogP contribution in [0.2, 0.25) is 0 Å². The molecule has 1 aliphatic heterocycles. The normalized spacial score (nSPS) is 19.6. The van der Waals surface area contributed by atoms with Gasteiger partial charge in [-0.3, -0.25) is 0 Å². The smallest absolute Gasteiger partial charge is 0.407 e. The number of carboxylic acid groups (broad SMARTS) is 1. The van der Waals surface area contributed by atoms with Crippen LogP contribution in [0.3, 0.4) is 0 Å². The Bertz CT molecular complexity index is 431. The van der Waals surface area contributed by atoms with Gasteiger partial charge in [0.1, 0.15) is 0 Å². The molecule has 1 unspecified atom stereocenters. The molecular formula is C13H18N2O2. The Morgan fingerprint density at radius 3 is 2.94 bits per heavy atom. The number of benzene rings is 1. The number of amides is 1. The van der Waals surface area contributed by atoms with Gasteiger partial charge in [0.05, 0.1) is 0 Å². The molecule has 1 saturated heterocycles. The number of carbonyl (C=O) groups is 1. The topological polar surface area (TPSA) is 66.6 Å². The number of nitrogen functional groups attached to an aromatic ring is 1. The summed E-state index contributed by atoms with van der Waals surface area (Å²) in [6, 6.07) is 6.06. The second-order valence-electron chi connectivity index (χ2n) is 4.53. The monoisotopic (exact) mass is 234 g/mol. The molecule has 92 valence electrons. The molecule has 1 amide bonds. The van der Waals surface area contributed by atoms with E-state index in [-0.39, 0.29) is 0 Å². The van der Waals surface area contributed by atoms with Crippen LogP contribution in [-0.4, -0.2) is 29.2 Å². The first-order valence-corrected chi connectivity index (χ1v) is 5.98. The molecule has 0 radical (unpaired) electrons. The van der Waals surface area contributed by atoms with Gasteiger partial charge in [0.15, 0.2) is 0 Å². The number of nitrogens with zero attached hydrogens (tertiary/aromatic N) is 1. The first kappa shape index (κ1) is 11.8. The molecule has 1 fully saturated rings. The van der Waals surface area contributed by atoms with E-state index in [2.05, 4.69) is 13.0 Å². The van der Waals surface area contributed by atoms with Crippen molar-refractivity contribution in [3.8, 4) is 0 Å². The highest BCUT2D eigenvalue weighted by Gasteiger charge is 2.27. The first-order valence-electron chi connectivity index (χ1n) is 5.98. The summed E-state index contributed by atoms with van der Waals surface area (Å²) >= 11 is 0. The highest BCUT2D eigenvalue weighted by atomic mass is 16.4. The second-order valence-corrected chi connectivity index (χ2v) is 4.53. The van der Waals surface area contributed by atoms with Gasteiger partial charge in [-0.25, -0.2) is 4.79 Å². The van der Waals surface area contributed by atoms with E-state index >= 15 is 0 Å². The largest absolute Gasteiger partial charge is 0.465 e. The van der Waals surface area contributed by atoms with E-state index in [0.717, 1.165) is 24.1 Å². The molecule has 0 aliphatic carbocycles. The average molecular weight is 234 g/mol. The minimum absolute atomic E-state index is 0.317. The van der Waals surface area contributed by atoms with Crippen LogP contribution in [0.5, 0.6) is 0 Å². The van der Waals surface area contributed by atoms with Crippen molar-refractivity contribution >= 4 is 11.8 Å². The molecular weight excluding hydrogens is 216 g/mol. The van der Waals surface area contributed by atoms with Crippen molar-refractivity contribution < 1.29 is 9.90 Å². The van der Waals surface area contributed by atoms with Gasteiger partial charge < -0.3 is 15.7 Å². The van der Waals surface area contributed by atoms with Crippen molar-refractivity contribution in [1.82, 2.24) is 4.90 Å². The van der Waals surface area contributed by atoms with Gasteiger partial charge in [-0.1, -0.05) is 19.1 Å². The van der Waals surface area contributed by atoms with Crippen LogP contribution in [0.1, 0.15) is 30.4 Å². The summed E-state index contributed by atoms with van der Waals surface area (Å²) in [5, 5.41) is 8.93. The Morgan fingerprint density at radius 1 is 1.59 bits per heavy atom. The van der Waals surface area contributed by atoms with Gasteiger partial charge in [-0.2, -0.15) is 0 Å². The highest BCUT2D eigenvalue weighted by molar-refractivity contribution is 5.65. The van der Waals surface area contributed by atoms with E-state index in [1.54, 1.807) is 0 Å². The Morgan fingerprint density at radius 2 is 2.35 bits per heavy atom. The molecule has 1 aliphatic rings.